The Bertz CT molecular complexity index is 1220. The van der Waals surface area contributed by atoms with Crippen molar-refractivity contribution in [3.8, 4) is 0 Å². The summed E-state index contributed by atoms with van der Waals surface area (Å²) < 4.78 is 0. The Labute approximate surface area is 286 Å². The number of fused-ring (bicyclic) bond motifs is 4. The average Bonchev–Trinajstić information content (AvgIpc) is 3.41. The van der Waals surface area contributed by atoms with Gasteiger partial charge in [-0.25, -0.2) is 0 Å². The van der Waals surface area contributed by atoms with Crippen LogP contribution in [0.15, 0.2) is 48.5 Å². The lowest BCUT2D eigenvalue weighted by molar-refractivity contribution is -0.130. The third-order valence-corrected chi connectivity index (χ3v) is 12.4. The van der Waals surface area contributed by atoms with Gasteiger partial charge < -0.3 is 10.6 Å². The van der Waals surface area contributed by atoms with E-state index in [1.165, 1.54) is 24.0 Å². The van der Waals surface area contributed by atoms with E-state index in [2.05, 4.69) is 58.8 Å². The summed E-state index contributed by atoms with van der Waals surface area (Å²) in [6.45, 7) is 1.48. The van der Waals surface area contributed by atoms with Crippen molar-refractivity contribution in [3.63, 3.8) is 0 Å². The van der Waals surface area contributed by atoms with Crippen LogP contribution in [0, 0.1) is 11.8 Å². The maximum absolute atomic E-state index is 13.5. The van der Waals surface area contributed by atoms with Crippen molar-refractivity contribution in [2.75, 3.05) is 27.2 Å². The number of piperidine rings is 2. The lowest BCUT2D eigenvalue weighted by atomic mass is 9.75. The molecule has 8 heteroatoms. The van der Waals surface area contributed by atoms with Crippen molar-refractivity contribution in [2.45, 2.75) is 113 Å². The molecular formula is C38H52Cl2N4O2. The highest BCUT2D eigenvalue weighted by Gasteiger charge is 2.50. The van der Waals surface area contributed by atoms with Gasteiger partial charge in [-0.1, -0.05) is 73.2 Å². The van der Waals surface area contributed by atoms with Gasteiger partial charge in [0.05, 0.1) is 11.8 Å². The van der Waals surface area contributed by atoms with Gasteiger partial charge in [-0.2, -0.15) is 0 Å². The molecule has 2 aromatic carbocycles. The highest BCUT2D eigenvalue weighted by Crippen LogP contribution is 2.47. The molecule has 46 heavy (non-hydrogen) atoms. The number of amides is 2. The first-order valence-electron chi connectivity index (χ1n) is 17.8. The second-order valence-electron chi connectivity index (χ2n) is 14.5. The van der Waals surface area contributed by atoms with Crippen LogP contribution < -0.4 is 10.6 Å². The Kier molecular flexibility index (Phi) is 11.3. The van der Waals surface area contributed by atoms with Gasteiger partial charge in [0.2, 0.25) is 11.8 Å². The zero-order chi connectivity index (χ0) is 32.2. The molecule has 2 N–H and O–H groups in total. The van der Waals surface area contributed by atoms with Crippen LogP contribution in [0.5, 0.6) is 0 Å². The van der Waals surface area contributed by atoms with Gasteiger partial charge in [0.25, 0.3) is 0 Å². The second-order valence-corrected chi connectivity index (χ2v) is 15.3. The van der Waals surface area contributed by atoms with Crippen molar-refractivity contribution >= 4 is 35.0 Å². The molecular weight excluding hydrogens is 615 g/mol. The SMILES string of the molecule is CN1[C@H]2CC[C@@H]1[C@@H](C(=O)NCCCCCCCCNC(=O)[C@H]1[C@@H](c3ccc(Cl)cc3)C[C@@H]3CC[C@H]1N3C)[C@@H](c1ccc(Cl)cc1)C2. The van der Waals surface area contributed by atoms with E-state index >= 15 is 0 Å². The van der Waals surface area contributed by atoms with Crippen LogP contribution in [-0.2, 0) is 9.59 Å². The quantitative estimate of drug-likeness (QED) is 0.219. The van der Waals surface area contributed by atoms with Gasteiger partial charge in [0, 0.05) is 47.3 Å². The molecule has 4 heterocycles. The van der Waals surface area contributed by atoms with Crippen molar-refractivity contribution in [1.82, 2.24) is 20.4 Å². The summed E-state index contributed by atoms with van der Waals surface area (Å²) in [7, 11) is 4.39. The molecule has 8 atom stereocenters. The number of carbonyl (C=O) groups excluding carboxylic acids is 2. The summed E-state index contributed by atoms with van der Waals surface area (Å²) in [6, 6.07) is 18.0. The minimum atomic E-state index is -0.00860. The van der Waals surface area contributed by atoms with E-state index in [1.807, 2.05) is 24.3 Å². The fraction of sp³-hybridized carbons (Fsp3) is 0.632. The third-order valence-electron chi connectivity index (χ3n) is 11.9. The molecule has 6 rings (SSSR count). The summed E-state index contributed by atoms with van der Waals surface area (Å²) in [4.78, 5) is 32.0. The lowest BCUT2D eigenvalue weighted by Gasteiger charge is -2.42. The number of nitrogens with zero attached hydrogens (tertiary/aromatic N) is 2. The molecule has 0 spiro atoms. The van der Waals surface area contributed by atoms with E-state index in [4.69, 9.17) is 23.2 Å². The van der Waals surface area contributed by atoms with Crippen LogP contribution in [-0.4, -0.2) is 73.0 Å². The molecule has 6 nitrogen and oxygen atoms in total. The number of nitrogens with one attached hydrogen (secondary N) is 2. The van der Waals surface area contributed by atoms with Gasteiger partial charge in [-0.15, -0.1) is 0 Å². The summed E-state index contributed by atoms with van der Waals surface area (Å²) in [5.41, 5.74) is 2.48. The highest BCUT2D eigenvalue weighted by molar-refractivity contribution is 6.30. The number of halogens is 2. The lowest BCUT2D eigenvalue weighted by Crippen LogP contribution is -2.51. The van der Waals surface area contributed by atoms with E-state index in [9.17, 15) is 9.59 Å². The minimum Gasteiger partial charge on any atom is -0.356 e. The Morgan fingerprint density at radius 2 is 0.978 bits per heavy atom. The monoisotopic (exact) mass is 666 g/mol. The number of rotatable bonds is 13. The summed E-state index contributed by atoms with van der Waals surface area (Å²) in [6.07, 6.45) is 13.2. The molecule has 4 fully saturated rings. The van der Waals surface area contributed by atoms with E-state index in [0.29, 0.717) is 24.2 Å². The van der Waals surface area contributed by atoms with Crippen molar-refractivity contribution < 1.29 is 9.59 Å². The van der Waals surface area contributed by atoms with Crippen LogP contribution in [0.25, 0.3) is 0 Å². The Morgan fingerprint density at radius 1 is 0.609 bits per heavy atom. The second kappa shape index (κ2) is 15.4. The molecule has 0 radical (unpaired) electrons. The van der Waals surface area contributed by atoms with Crippen LogP contribution >= 0.6 is 23.2 Å². The maximum Gasteiger partial charge on any atom is 0.225 e. The maximum atomic E-state index is 13.5. The highest BCUT2D eigenvalue weighted by atomic mass is 35.5. The third kappa shape index (κ3) is 7.46. The topological polar surface area (TPSA) is 64.7 Å². The minimum absolute atomic E-state index is 0.00860. The van der Waals surface area contributed by atoms with E-state index in [0.717, 1.165) is 87.3 Å². The van der Waals surface area contributed by atoms with Crippen LogP contribution in [0.1, 0.15) is 100 Å². The molecule has 0 aliphatic carbocycles. The number of unbranched alkanes of at least 4 members (excludes halogenated alkanes) is 5. The van der Waals surface area contributed by atoms with Crippen LogP contribution in [0.2, 0.25) is 10.0 Å². The largest absolute Gasteiger partial charge is 0.356 e. The first kappa shape index (κ1) is 33.8. The molecule has 4 aliphatic rings. The molecule has 4 aliphatic heterocycles. The number of carbonyl (C=O) groups is 2. The number of hydrogen-bond acceptors (Lipinski definition) is 4. The molecule has 2 aromatic rings. The van der Waals surface area contributed by atoms with Crippen LogP contribution in [0.4, 0.5) is 0 Å². The fourth-order valence-corrected chi connectivity index (χ4v) is 9.62. The molecule has 2 amide bonds. The molecule has 4 saturated heterocycles. The Hall–Kier alpha value is -2.12. The van der Waals surface area contributed by atoms with E-state index < -0.39 is 0 Å². The number of hydrogen-bond donors (Lipinski definition) is 2. The fourth-order valence-electron chi connectivity index (χ4n) is 9.37. The standard InChI is InChI=1S/C38H52Cl2N4O2/c1-43-29-17-19-33(43)35(31(23-29)25-9-13-27(39)14-10-25)37(45)41-21-7-5-3-4-6-8-22-42-38(46)36-32(26-11-15-28(40)16-12-26)24-30-18-20-34(36)44(30)2/h9-16,29-36H,3-8,17-24H2,1-2H3,(H,41,45)(H,42,46)/t29-,30-,31+,32+,33+,34+,35-,36-/m0/s1. The Balaban J connectivity index is 0.887. The first-order valence-corrected chi connectivity index (χ1v) is 18.6. The summed E-state index contributed by atoms with van der Waals surface area (Å²) >= 11 is 12.3. The zero-order valence-electron chi connectivity index (χ0n) is 27.6. The predicted molar refractivity (Wildman–Crippen MR) is 187 cm³/mol. The van der Waals surface area contributed by atoms with Gasteiger partial charge in [0.1, 0.15) is 0 Å². The van der Waals surface area contributed by atoms with Crippen molar-refractivity contribution in [1.29, 1.82) is 0 Å². The van der Waals surface area contributed by atoms with E-state index in [-0.39, 0.29) is 35.5 Å². The molecule has 0 unspecified atom stereocenters. The van der Waals surface area contributed by atoms with Gasteiger partial charge in [0.15, 0.2) is 0 Å². The van der Waals surface area contributed by atoms with Gasteiger partial charge >= 0.3 is 0 Å². The van der Waals surface area contributed by atoms with Crippen LogP contribution in [0.3, 0.4) is 0 Å². The first-order chi connectivity index (χ1) is 22.3. The van der Waals surface area contributed by atoms with Gasteiger partial charge in [-0.3, -0.25) is 19.4 Å². The van der Waals surface area contributed by atoms with E-state index in [1.54, 1.807) is 0 Å². The zero-order valence-corrected chi connectivity index (χ0v) is 29.1. The Morgan fingerprint density at radius 3 is 1.37 bits per heavy atom. The average molecular weight is 668 g/mol. The smallest absolute Gasteiger partial charge is 0.225 e. The molecule has 4 bridgehead atoms. The molecule has 0 aromatic heterocycles. The summed E-state index contributed by atoms with van der Waals surface area (Å²) in [5, 5.41) is 8.10. The summed E-state index contributed by atoms with van der Waals surface area (Å²) in [5.74, 6) is 0.913. The van der Waals surface area contributed by atoms with Crippen molar-refractivity contribution in [3.05, 3.63) is 69.7 Å². The predicted octanol–water partition coefficient (Wildman–Crippen LogP) is 7.40. The van der Waals surface area contributed by atoms with Crippen molar-refractivity contribution in [2.24, 2.45) is 11.8 Å². The molecule has 250 valence electrons. The number of benzene rings is 2. The molecule has 0 saturated carbocycles. The normalized spacial score (nSPS) is 30.8. The van der Waals surface area contributed by atoms with Gasteiger partial charge in [-0.05, 0) is 113 Å².